The van der Waals surface area contributed by atoms with Crippen LogP contribution in [0.4, 0.5) is 5.82 Å². The predicted octanol–water partition coefficient (Wildman–Crippen LogP) is 1.86. The molecule has 0 saturated heterocycles. The highest BCUT2D eigenvalue weighted by molar-refractivity contribution is 7.86. The Hall–Kier alpha value is -9.87. The van der Waals surface area contributed by atoms with Crippen LogP contribution >= 0.6 is 0 Å². The number of benzene rings is 3. The average Bonchev–Trinajstić information content (AvgIpc) is 4.13. The zero-order valence-corrected chi connectivity index (χ0v) is 45.9. The summed E-state index contributed by atoms with van der Waals surface area (Å²) < 4.78 is 50.4. The third kappa shape index (κ3) is 19.4. The molecule has 0 radical (unpaired) electrons. The van der Waals surface area contributed by atoms with Gasteiger partial charge in [0, 0.05) is 36.0 Å². The van der Waals surface area contributed by atoms with Gasteiger partial charge in [0.25, 0.3) is 21.8 Å². The van der Waals surface area contributed by atoms with Gasteiger partial charge in [-0.25, -0.2) is 14.8 Å². The van der Waals surface area contributed by atoms with Crippen LogP contribution in [-0.4, -0.2) is 147 Å². The Balaban J connectivity index is 1.13. The zero-order chi connectivity index (χ0) is 61.1. The van der Waals surface area contributed by atoms with Crippen molar-refractivity contribution in [3.05, 3.63) is 114 Å². The monoisotopic (exact) mass is 1180 g/mol. The highest BCUT2D eigenvalue weighted by Crippen LogP contribution is 2.37. The molecular formula is C55H60N9O19S+. The van der Waals surface area contributed by atoms with Crippen molar-refractivity contribution in [2.45, 2.75) is 87.9 Å². The normalized spacial score (nSPS) is 13.3. The topological polar surface area (TPSA) is 432 Å². The molecule has 1 aliphatic rings. The Morgan fingerprint density at radius 2 is 1.32 bits per heavy atom. The number of fused-ring (bicyclic) bond motifs is 1. The van der Waals surface area contributed by atoms with E-state index in [1.54, 1.807) is 5.32 Å². The molecule has 4 atom stereocenters. The molecule has 1 aliphatic heterocycles. The molecule has 3 heterocycles. The lowest BCUT2D eigenvalue weighted by atomic mass is 9.87. The maximum atomic E-state index is 14.1. The maximum absolute atomic E-state index is 14.1. The fraction of sp³-hybridized carbons (Fsp3) is 0.309. The number of unbranched alkanes of at least 4 members (excludes halogenated alkanes) is 1. The molecule has 0 spiro atoms. The predicted molar refractivity (Wildman–Crippen MR) is 293 cm³/mol. The third-order valence-electron chi connectivity index (χ3n) is 12.5. The number of nitrogens with zero attached hydrogens (tertiary/aromatic N) is 3. The molecule has 6 rings (SSSR count). The van der Waals surface area contributed by atoms with Crippen molar-refractivity contribution < 1.29 is 96.2 Å². The van der Waals surface area contributed by atoms with Crippen LogP contribution in [0.15, 0.2) is 113 Å². The smallest absolute Gasteiger partial charge is 0.326 e. The first-order chi connectivity index (χ1) is 39.8. The molecule has 29 heteroatoms. The van der Waals surface area contributed by atoms with E-state index in [0.717, 1.165) is 29.1 Å². The van der Waals surface area contributed by atoms with Crippen LogP contribution < -0.4 is 46.2 Å². The number of carboxylic acid groups (broad SMARTS) is 4. The first-order valence-corrected chi connectivity index (χ1v) is 27.1. The number of quaternary nitrogens is 1. The zero-order valence-electron chi connectivity index (χ0n) is 45.1. The summed E-state index contributed by atoms with van der Waals surface area (Å²) in [4.78, 5) is 123. The molecular weight excluding hydrogens is 1120 g/mol. The standard InChI is InChI=1S/C55H59N9O19S/c1-55(2,18-8-9-19-81-46-22-35(20-36(60-46)31-10-4-3-5-11-31)32-14-16-41-42(21-32)83-30-82-41)29-57-51(73)37(61-50(72)34-15-17-44(56-27-34)64-58-28-33-12-6-7-13-43(33)84(78,79)80)23-45(65)59-38(24-47(66)67)52(74)62-39(25-48(68)69)53(75)63-40(54(76)77)26-49(70)71/h3-7,10-17,20-22,27-28,37-40H,8-9,18-19,23-26,29-30H2,1-2H3,(H,56,64)(H,57,73)(H,59,65)(H,61,72)(H,62,74)(H,63,75)(H,66,67)(H,68,69)(H,70,71)(H,76,77)(H,78,79,80)/p+1. The minimum Gasteiger partial charge on any atom is -0.481 e. The molecule has 4 unspecified atom stereocenters. The lowest BCUT2D eigenvalue weighted by molar-refractivity contribution is -0.580. The van der Waals surface area contributed by atoms with Crippen LogP contribution in [0.25, 0.3) is 22.4 Å². The number of rotatable bonds is 31. The van der Waals surface area contributed by atoms with E-state index in [-0.39, 0.29) is 36.9 Å². The summed E-state index contributed by atoms with van der Waals surface area (Å²) in [6, 6.07) is 19.1. The van der Waals surface area contributed by atoms with E-state index in [1.807, 2.05) is 79.8 Å². The quantitative estimate of drug-likeness (QED) is 0.00991. The minimum absolute atomic E-state index is 0.00611. The maximum Gasteiger partial charge on any atom is 0.326 e. The highest BCUT2D eigenvalue weighted by atomic mass is 32.2. The molecule has 12 N–H and O–H groups in total. The molecule has 0 aliphatic carbocycles. The number of ether oxygens (including phenoxy) is 3. The van der Waals surface area contributed by atoms with Crippen LogP contribution in [-0.2, 0) is 48.5 Å². The highest BCUT2D eigenvalue weighted by Gasteiger charge is 2.34. The largest absolute Gasteiger partial charge is 0.481 e. The van der Waals surface area contributed by atoms with Crippen molar-refractivity contribution in [2.75, 3.05) is 19.9 Å². The van der Waals surface area contributed by atoms with E-state index >= 15 is 0 Å². The number of aromatic nitrogens is 2. The number of carbonyl (C=O) groups excluding carboxylic acids is 5. The third-order valence-corrected chi connectivity index (χ3v) is 13.5. The van der Waals surface area contributed by atoms with E-state index in [4.69, 9.17) is 24.3 Å². The molecule has 444 valence electrons. The molecule has 0 fully saturated rings. The van der Waals surface area contributed by atoms with Gasteiger partial charge in [-0.2, -0.15) is 13.8 Å². The lowest BCUT2D eigenvalue weighted by Gasteiger charge is -2.27. The van der Waals surface area contributed by atoms with Gasteiger partial charge in [0.15, 0.2) is 11.5 Å². The number of hydrogen-bond donors (Lipinski definition) is 11. The molecule has 84 heavy (non-hydrogen) atoms. The number of aliphatic carboxylic acids is 4. The number of hydrogen-bond acceptors (Lipinski definition) is 17. The van der Waals surface area contributed by atoms with E-state index in [1.165, 1.54) is 41.8 Å². The molecule has 5 amide bonds. The number of carboxylic acids is 4. The van der Waals surface area contributed by atoms with Gasteiger partial charge in [-0.15, -0.1) is 0 Å². The van der Waals surface area contributed by atoms with Crippen molar-refractivity contribution in [1.82, 2.24) is 36.6 Å². The number of pyridine rings is 2. The van der Waals surface area contributed by atoms with Crippen molar-refractivity contribution in [1.29, 1.82) is 0 Å². The molecule has 3 aromatic carbocycles. The Morgan fingerprint density at radius 3 is 1.98 bits per heavy atom. The van der Waals surface area contributed by atoms with Gasteiger partial charge in [0.2, 0.25) is 36.3 Å². The van der Waals surface area contributed by atoms with Gasteiger partial charge in [0.1, 0.15) is 29.1 Å². The number of amides is 5. The molecule has 0 bridgehead atoms. The second kappa shape index (κ2) is 29.2. The average molecular weight is 1180 g/mol. The van der Waals surface area contributed by atoms with Crippen LogP contribution in [0.1, 0.15) is 74.7 Å². The van der Waals surface area contributed by atoms with Gasteiger partial charge >= 0.3 is 23.9 Å². The van der Waals surface area contributed by atoms with Crippen LogP contribution in [0, 0.1) is 5.41 Å². The van der Waals surface area contributed by atoms with Crippen molar-refractivity contribution in [3.63, 3.8) is 0 Å². The van der Waals surface area contributed by atoms with Crippen molar-refractivity contribution >= 4 is 75.6 Å². The fourth-order valence-electron chi connectivity index (χ4n) is 8.21. The Labute approximate surface area is 479 Å². The summed E-state index contributed by atoms with van der Waals surface area (Å²) in [5.41, 5.74) is 3.78. The molecule has 5 aromatic rings. The van der Waals surface area contributed by atoms with Crippen LogP contribution in [0.5, 0.6) is 17.4 Å². The summed E-state index contributed by atoms with van der Waals surface area (Å²) in [6.45, 7) is 4.11. The summed E-state index contributed by atoms with van der Waals surface area (Å²) in [5.74, 6) is -11.0. The van der Waals surface area contributed by atoms with Gasteiger partial charge in [-0.3, -0.25) is 42.9 Å². The van der Waals surface area contributed by atoms with Crippen molar-refractivity contribution in [2.24, 2.45) is 10.5 Å². The van der Waals surface area contributed by atoms with E-state index in [2.05, 4.69) is 26.0 Å². The SMILES string of the molecule is CC(C)(CCCCOc1cc(-c2ccc3c(c2)OCO3)cc(-c2ccccc2)n1)CNC(=O)C(CC(=O)NC(CC(=O)O)C(=O)NC(CC(=O)O)C(=O)NC(CC(=O)O)C(=O)O)NC(=O)c1ccc([NH2+]N=Cc2ccccc2S(=O)(=O)O)nc1. The fourth-order valence-corrected chi connectivity index (χ4v) is 8.88. The van der Waals surface area contributed by atoms with E-state index < -0.39 is 124 Å². The molecule has 28 nitrogen and oxygen atoms in total. The number of nitrogens with two attached hydrogens (primary N) is 1. The molecule has 2 aromatic heterocycles. The van der Waals surface area contributed by atoms with Gasteiger partial charge in [-0.05, 0) is 66.1 Å². The first-order valence-electron chi connectivity index (χ1n) is 25.7. The summed E-state index contributed by atoms with van der Waals surface area (Å²) in [5, 5.41) is 52.7. The van der Waals surface area contributed by atoms with Gasteiger partial charge in [0.05, 0.1) is 49.8 Å². The summed E-state index contributed by atoms with van der Waals surface area (Å²) in [6.07, 6.45) is -0.528. The summed E-state index contributed by atoms with van der Waals surface area (Å²) in [7, 11) is -4.57. The van der Waals surface area contributed by atoms with Gasteiger partial charge < -0.3 is 61.2 Å². The first kappa shape index (κ1) is 63.3. The van der Waals surface area contributed by atoms with Crippen LogP contribution in [0.3, 0.4) is 0 Å². The summed E-state index contributed by atoms with van der Waals surface area (Å²) >= 11 is 0. The second-order valence-electron chi connectivity index (χ2n) is 19.7. The number of nitrogens with one attached hydrogen (secondary N) is 5. The number of carbonyl (C=O) groups is 9. The van der Waals surface area contributed by atoms with Crippen LogP contribution in [0.2, 0.25) is 0 Å². The Kier molecular flexibility index (Phi) is 22.0. The lowest BCUT2D eigenvalue weighted by Crippen LogP contribution is -2.71. The van der Waals surface area contributed by atoms with Gasteiger partial charge in [-0.1, -0.05) is 73.5 Å². The Bertz CT molecular complexity index is 3400. The minimum atomic E-state index is -4.57. The Morgan fingerprint density at radius 1 is 0.690 bits per heavy atom. The molecule has 0 saturated carbocycles. The van der Waals surface area contributed by atoms with E-state index in [0.29, 0.717) is 42.3 Å². The second-order valence-corrected chi connectivity index (χ2v) is 21.1. The van der Waals surface area contributed by atoms with E-state index in [9.17, 15) is 71.4 Å². The van der Waals surface area contributed by atoms with Crippen molar-refractivity contribution in [3.8, 4) is 39.8 Å².